The third-order valence-corrected chi connectivity index (χ3v) is 17.3. The van der Waals surface area contributed by atoms with Crippen LogP contribution in [-0.2, 0) is 28.8 Å². The molecule has 0 aromatic heterocycles. The van der Waals surface area contributed by atoms with E-state index in [-0.39, 0.29) is 95.2 Å². The van der Waals surface area contributed by atoms with Gasteiger partial charge in [0, 0.05) is 11.8 Å². The van der Waals surface area contributed by atoms with Gasteiger partial charge in [0.2, 0.25) is 0 Å². The molecule has 62 heavy (non-hydrogen) atoms. The lowest BCUT2D eigenvalue weighted by atomic mass is 9.62. The molecule has 4 fully saturated rings. The Hall–Kier alpha value is -3.50. The number of rotatable bonds is 12. The maximum Gasteiger partial charge on any atom is 0.183 e. The van der Waals surface area contributed by atoms with Crippen LogP contribution in [0.3, 0.4) is 0 Å². The molecule has 10 atom stereocenters. The van der Waals surface area contributed by atoms with Crippen LogP contribution in [0.4, 0.5) is 0 Å². The number of ketones is 6. The molecule has 0 aromatic carbocycles. The predicted octanol–water partition coefficient (Wildman–Crippen LogP) is 9.46. The molecule has 10 heteroatoms. The highest BCUT2D eigenvalue weighted by Crippen LogP contribution is 2.75. The van der Waals surface area contributed by atoms with Gasteiger partial charge in [0.05, 0.1) is 32.9 Å². The largest absolute Gasteiger partial charge is 0.510 e. The molecule has 6 unspecified atom stereocenters. The van der Waals surface area contributed by atoms with Crippen LogP contribution < -0.4 is 0 Å². The topological polar surface area (TPSA) is 183 Å². The number of carbonyl (C=O) groups is 6. The molecule has 0 heterocycles. The van der Waals surface area contributed by atoms with E-state index >= 15 is 0 Å². The van der Waals surface area contributed by atoms with Crippen molar-refractivity contribution in [1.82, 2.24) is 0 Å². The zero-order valence-electron chi connectivity index (χ0n) is 40.5. The molecule has 6 rings (SSSR count). The zero-order chi connectivity index (χ0) is 47.5. The monoisotopic (exact) mass is 861 g/mol. The first kappa shape index (κ1) is 49.5. The Morgan fingerprint density at radius 2 is 0.903 bits per heavy atom. The number of hydrogen-bond donors (Lipinski definition) is 4. The van der Waals surface area contributed by atoms with Gasteiger partial charge in [0.15, 0.2) is 34.7 Å². The highest BCUT2D eigenvalue weighted by molar-refractivity contribution is 6.33. The Morgan fingerprint density at radius 3 is 1.15 bits per heavy atom. The van der Waals surface area contributed by atoms with Crippen LogP contribution in [0.25, 0.3) is 0 Å². The van der Waals surface area contributed by atoms with E-state index in [9.17, 15) is 49.2 Å². The summed E-state index contributed by atoms with van der Waals surface area (Å²) >= 11 is 0. The van der Waals surface area contributed by atoms with Gasteiger partial charge in [-0.25, -0.2) is 0 Å². The van der Waals surface area contributed by atoms with Gasteiger partial charge >= 0.3 is 0 Å². The molecular formula is C52H76O10. The van der Waals surface area contributed by atoms with E-state index in [4.69, 9.17) is 0 Å². The van der Waals surface area contributed by atoms with Crippen molar-refractivity contribution in [2.24, 2.45) is 68.0 Å². The first-order chi connectivity index (χ1) is 28.2. The number of hydrogen-bond acceptors (Lipinski definition) is 10. The van der Waals surface area contributed by atoms with Crippen LogP contribution in [-0.4, -0.2) is 66.3 Å². The highest BCUT2D eigenvalue weighted by atomic mass is 16.3. The third kappa shape index (κ3) is 6.76. The van der Waals surface area contributed by atoms with Crippen LogP contribution in [0.5, 0.6) is 0 Å². The minimum Gasteiger partial charge on any atom is -0.510 e. The van der Waals surface area contributed by atoms with Crippen LogP contribution in [0, 0.1) is 68.0 Å². The SMILES string of the molecule is CCC(C)C(=O)C1=C(O)C2(CC=C(C)C)CC3C(C)(C)C(C(C)(C)O)C[C@]3(C1=O)C2=O.CCC(C)C(=O)C1=C(O)C2(CC=C(C)C)C[C@H]3C(C)(C)[C@@H](C(C)(C)O)C[C@@]3(C1=O)C2=O. The molecule has 6 aliphatic carbocycles. The van der Waals surface area contributed by atoms with Crippen molar-refractivity contribution in [3.63, 3.8) is 0 Å². The number of aliphatic hydroxyl groups excluding tert-OH is 2. The van der Waals surface area contributed by atoms with Crippen LogP contribution in [0.2, 0.25) is 0 Å². The van der Waals surface area contributed by atoms with E-state index in [1.165, 1.54) is 0 Å². The van der Waals surface area contributed by atoms with Crippen LogP contribution in [0.1, 0.15) is 162 Å². The summed E-state index contributed by atoms with van der Waals surface area (Å²) in [6.45, 7) is 29.9. The Bertz CT molecular complexity index is 1940. The van der Waals surface area contributed by atoms with E-state index in [0.717, 1.165) is 11.1 Å². The lowest BCUT2D eigenvalue weighted by Gasteiger charge is -2.41. The quantitative estimate of drug-likeness (QED) is 0.0838. The Kier molecular flexibility index (Phi) is 12.5. The second kappa shape index (κ2) is 15.6. The average Bonchev–Trinajstić information content (AvgIpc) is 3.73. The van der Waals surface area contributed by atoms with Crippen molar-refractivity contribution in [3.05, 3.63) is 46.0 Å². The fourth-order valence-corrected chi connectivity index (χ4v) is 13.5. The number of Topliss-reactive ketones (excluding diaryl/α,β-unsaturated/α-hetero) is 6. The zero-order valence-corrected chi connectivity index (χ0v) is 40.5. The number of fused-ring (bicyclic) bond motifs is 2. The average molecular weight is 861 g/mol. The molecule has 4 bridgehead atoms. The van der Waals surface area contributed by atoms with Gasteiger partial charge in [-0.3, -0.25) is 28.8 Å². The minimum atomic E-state index is -1.35. The van der Waals surface area contributed by atoms with E-state index < -0.39 is 67.1 Å². The van der Waals surface area contributed by atoms with Crippen molar-refractivity contribution in [2.75, 3.05) is 0 Å². The summed E-state index contributed by atoms with van der Waals surface area (Å²) in [4.78, 5) is 82.6. The molecule has 4 N–H and O–H groups in total. The molecule has 6 aliphatic rings. The first-order valence-corrected chi connectivity index (χ1v) is 23.0. The molecule has 344 valence electrons. The summed E-state index contributed by atoms with van der Waals surface area (Å²) in [7, 11) is 0. The molecule has 0 aromatic rings. The Labute approximate surface area is 370 Å². The lowest BCUT2D eigenvalue weighted by molar-refractivity contribution is -0.147. The first-order valence-electron chi connectivity index (χ1n) is 23.0. The van der Waals surface area contributed by atoms with Crippen molar-refractivity contribution in [2.45, 2.75) is 173 Å². The van der Waals surface area contributed by atoms with E-state index in [1.807, 2.05) is 81.4 Å². The minimum absolute atomic E-state index is 0.161. The molecule has 0 aliphatic heterocycles. The maximum absolute atomic E-state index is 14.1. The molecule has 4 saturated carbocycles. The smallest absolute Gasteiger partial charge is 0.183 e. The van der Waals surface area contributed by atoms with Crippen molar-refractivity contribution < 1.29 is 49.2 Å². The fourth-order valence-electron chi connectivity index (χ4n) is 13.5. The summed E-state index contributed by atoms with van der Waals surface area (Å²) in [6.07, 6.45) is 6.58. The summed E-state index contributed by atoms with van der Waals surface area (Å²) < 4.78 is 0. The second-order valence-corrected chi connectivity index (χ2v) is 23.2. The van der Waals surface area contributed by atoms with E-state index in [2.05, 4.69) is 0 Å². The number of allylic oxidation sites excluding steroid dienone is 8. The normalized spacial score (nSPS) is 35.3. The molecule has 0 amide bonds. The standard InChI is InChI=1S/2C26H38O5/c2*1-9-15(4)19(27)18-20(28)25(11-10-14(2)3)12-17-23(5,6)16(24(7,8)31)13-26(17,21(18)29)22(25)30/h2*10,15-17,28,31H,9,11-13H2,1-8H3/t15?,16?,17?,25?,26-;15?,16-,17-,25?,26+/m00/s1. The summed E-state index contributed by atoms with van der Waals surface area (Å²) in [5, 5.41) is 44.5. The van der Waals surface area contributed by atoms with Crippen LogP contribution in [0.15, 0.2) is 46.0 Å². The van der Waals surface area contributed by atoms with Crippen molar-refractivity contribution in [3.8, 4) is 0 Å². The van der Waals surface area contributed by atoms with Gasteiger partial charge < -0.3 is 20.4 Å². The van der Waals surface area contributed by atoms with Gasteiger partial charge in [-0.1, -0.05) is 78.7 Å². The van der Waals surface area contributed by atoms with E-state index in [0.29, 0.717) is 25.7 Å². The Balaban J connectivity index is 0.000000234. The second-order valence-electron chi connectivity index (χ2n) is 23.2. The van der Waals surface area contributed by atoms with Gasteiger partial charge in [-0.05, 0) is 141 Å². The maximum atomic E-state index is 14.1. The summed E-state index contributed by atoms with van der Waals surface area (Å²) in [5.41, 5.74) is -6.64. The van der Waals surface area contributed by atoms with E-state index in [1.54, 1.807) is 41.5 Å². The van der Waals surface area contributed by atoms with Gasteiger partial charge in [-0.15, -0.1) is 0 Å². The predicted molar refractivity (Wildman–Crippen MR) is 239 cm³/mol. The van der Waals surface area contributed by atoms with Gasteiger partial charge in [0.1, 0.15) is 22.7 Å². The van der Waals surface area contributed by atoms with Crippen molar-refractivity contribution >= 4 is 34.7 Å². The van der Waals surface area contributed by atoms with Crippen LogP contribution >= 0.6 is 0 Å². The van der Waals surface area contributed by atoms with Gasteiger partial charge in [-0.2, -0.15) is 0 Å². The Morgan fingerprint density at radius 1 is 0.613 bits per heavy atom. The lowest BCUT2D eigenvalue weighted by Crippen LogP contribution is -2.50. The number of aliphatic hydroxyl groups is 4. The molecule has 2 spiro atoms. The molecule has 0 radical (unpaired) electrons. The number of carbonyl (C=O) groups excluding carboxylic acids is 6. The highest BCUT2D eigenvalue weighted by Gasteiger charge is 2.80. The third-order valence-electron chi connectivity index (χ3n) is 17.3. The molecule has 0 saturated heterocycles. The summed E-state index contributed by atoms with van der Waals surface area (Å²) in [6, 6.07) is 0. The summed E-state index contributed by atoms with van der Waals surface area (Å²) in [5.74, 6) is -5.00. The van der Waals surface area contributed by atoms with Gasteiger partial charge in [0.25, 0.3) is 0 Å². The van der Waals surface area contributed by atoms with Crippen molar-refractivity contribution in [1.29, 1.82) is 0 Å². The molecular weight excluding hydrogens is 785 g/mol. The fraction of sp³-hybridized carbons (Fsp3) is 0.731. The molecule has 10 nitrogen and oxygen atoms in total.